The summed E-state index contributed by atoms with van der Waals surface area (Å²) in [4.78, 5) is 28.2. The fourth-order valence-electron chi connectivity index (χ4n) is 4.74. The second-order valence-electron chi connectivity index (χ2n) is 9.50. The molecule has 1 aliphatic heterocycles. The van der Waals surface area contributed by atoms with Crippen molar-refractivity contribution in [3.63, 3.8) is 0 Å². The Hall–Kier alpha value is -4.24. The quantitative estimate of drug-likeness (QED) is 0.305. The van der Waals surface area contributed by atoms with Crippen molar-refractivity contribution in [2.24, 2.45) is 5.92 Å². The average Bonchev–Trinajstić information content (AvgIpc) is 3.60. The third kappa shape index (κ3) is 7.00. The van der Waals surface area contributed by atoms with Crippen molar-refractivity contribution in [3.8, 4) is 11.5 Å². The minimum atomic E-state index is -0.611. The molecule has 0 bridgehead atoms. The van der Waals surface area contributed by atoms with Crippen LogP contribution in [0, 0.1) is 11.7 Å². The topological polar surface area (TPSA) is 89.4 Å². The van der Waals surface area contributed by atoms with Crippen LogP contribution in [0.3, 0.4) is 0 Å². The number of hydrogen-bond acceptors (Lipinski definition) is 5. The molecule has 2 heterocycles. The Morgan fingerprint density at radius 2 is 1.79 bits per heavy atom. The van der Waals surface area contributed by atoms with Gasteiger partial charge in [-0.2, -0.15) is 0 Å². The predicted molar refractivity (Wildman–Crippen MR) is 145 cm³/mol. The summed E-state index contributed by atoms with van der Waals surface area (Å²) in [6.07, 6.45) is 5.32. The number of halogens is 2. The van der Waals surface area contributed by atoms with Gasteiger partial charge in [-0.05, 0) is 91.4 Å². The van der Waals surface area contributed by atoms with Gasteiger partial charge in [0, 0.05) is 23.5 Å². The summed E-state index contributed by atoms with van der Waals surface area (Å²) < 4.78 is 20.3. The normalized spacial score (nSPS) is 16.7. The van der Waals surface area contributed by atoms with Crippen LogP contribution >= 0.6 is 11.6 Å². The van der Waals surface area contributed by atoms with E-state index in [4.69, 9.17) is 16.3 Å². The van der Waals surface area contributed by atoms with Crippen LogP contribution in [0.4, 0.5) is 10.1 Å². The molecule has 2 atom stereocenters. The van der Waals surface area contributed by atoms with Crippen molar-refractivity contribution in [1.29, 1.82) is 0 Å². The second-order valence-corrected chi connectivity index (χ2v) is 9.94. The van der Waals surface area contributed by atoms with E-state index in [-0.39, 0.29) is 30.1 Å². The summed E-state index contributed by atoms with van der Waals surface area (Å²) in [6.45, 7) is 0.497. The Kier molecular flexibility index (Phi) is 8.17. The van der Waals surface area contributed by atoms with Gasteiger partial charge < -0.3 is 15.0 Å². The molecule has 5 rings (SSSR count). The maximum atomic E-state index is 13.4. The zero-order valence-electron chi connectivity index (χ0n) is 21.0. The minimum absolute atomic E-state index is 0.0141. The number of aromatic nitrogens is 3. The Balaban J connectivity index is 1.24. The third-order valence-electron chi connectivity index (χ3n) is 6.68. The summed E-state index contributed by atoms with van der Waals surface area (Å²) in [5.41, 5.74) is 1.70. The molecule has 2 amide bonds. The lowest BCUT2D eigenvalue weighted by Crippen LogP contribution is -2.44. The van der Waals surface area contributed by atoms with E-state index in [9.17, 15) is 14.0 Å². The standard InChI is InChI=1S/C29H27ClFN5O3/c30-22-3-1-2-20(16-22)4-5-21-17-27(36(18-21)28(37)19-35-15-14-32-34-35)29(38)33-24-8-12-26(13-9-24)39-25-10-6-23(31)7-11-25/h1-3,6-16,21,27H,4-5,17-19H2,(H,33,38). The number of carbonyl (C=O) groups excluding carboxylic acids is 2. The van der Waals surface area contributed by atoms with Crippen LogP contribution in [0.2, 0.25) is 5.02 Å². The monoisotopic (exact) mass is 547 g/mol. The number of carbonyl (C=O) groups is 2. The molecule has 4 aromatic rings. The van der Waals surface area contributed by atoms with Gasteiger partial charge in [-0.25, -0.2) is 9.07 Å². The van der Waals surface area contributed by atoms with Gasteiger partial charge in [-0.1, -0.05) is 28.9 Å². The van der Waals surface area contributed by atoms with Gasteiger partial charge in [0.15, 0.2) is 0 Å². The molecular weight excluding hydrogens is 521 g/mol. The number of nitrogens with zero attached hydrogens (tertiary/aromatic N) is 4. The first-order valence-corrected chi connectivity index (χ1v) is 13.0. The molecule has 0 spiro atoms. The summed E-state index contributed by atoms with van der Waals surface area (Å²) in [6, 6.07) is 19.7. The molecule has 1 fully saturated rings. The van der Waals surface area contributed by atoms with E-state index in [1.807, 2.05) is 24.3 Å². The molecular formula is C29H27ClFN5O3. The number of aryl methyl sites for hydroxylation is 1. The van der Waals surface area contributed by atoms with E-state index in [0.717, 1.165) is 18.4 Å². The molecule has 1 aliphatic rings. The van der Waals surface area contributed by atoms with Crippen molar-refractivity contribution in [2.45, 2.75) is 31.8 Å². The van der Waals surface area contributed by atoms with Crippen LogP contribution in [0.15, 0.2) is 85.2 Å². The number of hydrogen-bond donors (Lipinski definition) is 1. The molecule has 2 unspecified atom stereocenters. The van der Waals surface area contributed by atoms with Gasteiger partial charge >= 0.3 is 0 Å². The Morgan fingerprint density at radius 1 is 1.05 bits per heavy atom. The Morgan fingerprint density at radius 3 is 2.49 bits per heavy atom. The lowest BCUT2D eigenvalue weighted by atomic mass is 9.97. The second kappa shape index (κ2) is 12.1. The maximum absolute atomic E-state index is 13.4. The summed E-state index contributed by atoms with van der Waals surface area (Å²) >= 11 is 6.13. The van der Waals surface area contributed by atoms with E-state index in [2.05, 4.69) is 15.6 Å². The zero-order chi connectivity index (χ0) is 27.2. The summed E-state index contributed by atoms with van der Waals surface area (Å²) in [7, 11) is 0. The zero-order valence-corrected chi connectivity index (χ0v) is 21.8. The first kappa shape index (κ1) is 26.4. The van der Waals surface area contributed by atoms with Crippen LogP contribution in [-0.2, 0) is 22.6 Å². The highest BCUT2D eigenvalue weighted by Crippen LogP contribution is 2.30. The van der Waals surface area contributed by atoms with Crippen LogP contribution in [-0.4, -0.2) is 44.3 Å². The molecule has 0 radical (unpaired) electrons. The number of likely N-dealkylation sites (tertiary alicyclic amines) is 1. The van der Waals surface area contributed by atoms with E-state index in [1.54, 1.807) is 47.5 Å². The number of amides is 2. The molecule has 0 aliphatic carbocycles. The molecule has 8 nitrogen and oxygen atoms in total. The minimum Gasteiger partial charge on any atom is -0.457 e. The van der Waals surface area contributed by atoms with Crippen LogP contribution < -0.4 is 10.1 Å². The lowest BCUT2D eigenvalue weighted by molar-refractivity contribution is -0.137. The first-order chi connectivity index (χ1) is 18.9. The highest BCUT2D eigenvalue weighted by molar-refractivity contribution is 6.30. The SMILES string of the molecule is O=C(Nc1ccc(Oc2ccc(F)cc2)cc1)C1CC(CCc2cccc(Cl)c2)CN1C(=O)Cn1ccnn1. The fourth-order valence-corrected chi connectivity index (χ4v) is 4.95. The van der Waals surface area contributed by atoms with E-state index < -0.39 is 6.04 Å². The van der Waals surface area contributed by atoms with Crippen LogP contribution in [0.25, 0.3) is 0 Å². The summed E-state index contributed by atoms with van der Waals surface area (Å²) in [5, 5.41) is 11.3. The van der Waals surface area contributed by atoms with Gasteiger partial charge in [0.05, 0.1) is 6.20 Å². The van der Waals surface area contributed by atoms with E-state index in [1.165, 1.54) is 23.0 Å². The van der Waals surface area contributed by atoms with E-state index in [0.29, 0.717) is 35.2 Å². The van der Waals surface area contributed by atoms with Gasteiger partial charge in [0.25, 0.3) is 0 Å². The van der Waals surface area contributed by atoms with Crippen molar-refractivity contribution < 1.29 is 18.7 Å². The number of anilines is 1. The molecule has 200 valence electrons. The van der Waals surface area contributed by atoms with Gasteiger partial charge in [0.2, 0.25) is 11.8 Å². The molecule has 10 heteroatoms. The van der Waals surface area contributed by atoms with Gasteiger partial charge in [-0.3, -0.25) is 9.59 Å². The largest absolute Gasteiger partial charge is 0.457 e. The predicted octanol–water partition coefficient (Wildman–Crippen LogP) is 5.35. The van der Waals surface area contributed by atoms with Crippen molar-refractivity contribution in [2.75, 3.05) is 11.9 Å². The average molecular weight is 548 g/mol. The number of rotatable bonds is 9. The highest BCUT2D eigenvalue weighted by atomic mass is 35.5. The van der Waals surface area contributed by atoms with Crippen molar-refractivity contribution >= 4 is 29.1 Å². The molecule has 39 heavy (non-hydrogen) atoms. The molecule has 0 saturated carbocycles. The Labute approximate surface area is 230 Å². The molecule has 1 aromatic heterocycles. The lowest BCUT2D eigenvalue weighted by Gasteiger charge is -2.24. The summed E-state index contributed by atoms with van der Waals surface area (Å²) in [5.74, 6) is 0.433. The fraction of sp³-hybridized carbons (Fsp3) is 0.241. The molecule has 3 aromatic carbocycles. The number of ether oxygens (including phenoxy) is 1. The van der Waals surface area contributed by atoms with Crippen LogP contribution in [0.5, 0.6) is 11.5 Å². The van der Waals surface area contributed by atoms with Crippen molar-refractivity contribution in [3.05, 3.63) is 102 Å². The third-order valence-corrected chi connectivity index (χ3v) is 6.92. The van der Waals surface area contributed by atoms with Crippen LogP contribution in [0.1, 0.15) is 18.4 Å². The number of nitrogens with one attached hydrogen (secondary N) is 1. The van der Waals surface area contributed by atoms with Crippen molar-refractivity contribution in [1.82, 2.24) is 19.9 Å². The van der Waals surface area contributed by atoms with E-state index >= 15 is 0 Å². The maximum Gasteiger partial charge on any atom is 0.247 e. The first-order valence-electron chi connectivity index (χ1n) is 12.7. The highest BCUT2D eigenvalue weighted by Gasteiger charge is 2.39. The van der Waals surface area contributed by atoms with Gasteiger partial charge in [-0.15, -0.1) is 5.10 Å². The molecule has 1 N–H and O–H groups in total. The number of benzene rings is 3. The Bertz CT molecular complexity index is 1410. The van der Waals surface area contributed by atoms with Gasteiger partial charge in [0.1, 0.15) is 29.9 Å². The smallest absolute Gasteiger partial charge is 0.247 e. The molecule has 1 saturated heterocycles.